The van der Waals surface area contributed by atoms with Gasteiger partial charge in [0.05, 0.1) is 12.0 Å². The molecule has 0 bridgehead atoms. The zero-order valence-electron chi connectivity index (χ0n) is 34.3. The van der Waals surface area contributed by atoms with Gasteiger partial charge in [0.2, 0.25) is 0 Å². The Kier molecular flexibility index (Phi) is 20.6. The van der Waals surface area contributed by atoms with Gasteiger partial charge in [-0.1, -0.05) is 30.3 Å². The monoisotopic (exact) mass is 874 g/mol. The molecule has 1 aliphatic heterocycles. The molecule has 0 unspecified atom stereocenters. The Bertz CT molecular complexity index is 2100. The molecule has 20 heteroatoms. The summed E-state index contributed by atoms with van der Waals surface area (Å²) in [7, 11) is 1.78. The molecule has 8 N–H and O–H groups in total. The highest BCUT2D eigenvalue weighted by Crippen LogP contribution is 2.39. The van der Waals surface area contributed by atoms with E-state index in [0.717, 1.165) is 85.8 Å². The van der Waals surface area contributed by atoms with Crippen LogP contribution >= 0.6 is 0 Å². The lowest BCUT2D eigenvalue weighted by atomic mass is 9.89. The molecule has 2 aliphatic rings. The number of benzene rings is 2. The van der Waals surface area contributed by atoms with Gasteiger partial charge in [-0.05, 0) is 55.5 Å². The summed E-state index contributed by atoms with van der Waals surface area (Å²) in [4.78, 5) is 71.6. The maximum absolute atomic E-state index is 9.55. The predicted octanol–water partition coefficient (Wildman–Crippen LogP) is 4.36. The zero-order valence-corrected chi connectivity index (χ0v) is 34.3. The van der Waals surface area contributed by atoms with Crippen molar-refractivity contribution in [3.05, 3.63) is 104 Å². The van der Waals surface area contributed by atoms with Gasteiger partial charge in [0, 0.05) is 100 Å². The number of rotatable bonds is 14. The molecule has 2 aromatic heterocycles. The minimum Gasteiger partial charge on any atom is -0.478 e. The second kappa shape index (κ2) is 26.0. The summed E-state index contributed by atoms with van der Waals surface area (Å²) in [5.41, 5.74) is 9.51. The van der Waals surface area contributed by atoms with E-state index in [4.69, 9.17) is 50.8 Å². The highest BCUT2D eigenvalue weighted by atomic mass is 16.5. The van der Waals surface area contributed by atoms with E-state index in [2.05, 4.69) is 37.7 Å². The molecule has 1 saturated heterocycles. The Morgan fingerprint density at radius 2 is 1.11 bits per heavy atom. The van der Waals surface area contributed by atoms with E-state index in [9.17, 15) is 28.8 Å². The SMILES string of the molecule is COCCN1CCN([C@H]2CC[C@@H](n3cc(-c4ccc(Oc5ccccc5)cc4)c4c(N)ncnc43)CC2)CC1.O=C(O)/C=C\C(=O)O.O=C(O)/C=C\C(=O)O.O=C(O)/C=C\C(=O)O. The van der Waals surface area contributed by atoms with Gasteiger partial charge in [-0.15, -0.1) is 0 Å². The Hall–Kier alpha value is -7.42. The van der Waals surface area contributed by atoms with Crippen LogP contribution in [0.5, 0.6) is 11.5 Å². The fourth-order valence-corrected chi connectivity index (χ4v) is 6.63. The minimum atomic E-state index is -1.26. The molecule has 0 amide bonds. The highest BCUT2D eigenvalue weighted by Gasteiger charge is 2.30. The van der Waals surface area contributed by atoms with Crippen molar-refractivity contribution in [2.24, 2.45) is 0 Å². The third-order valence-electron chi connectivity index (χ3n) is 9.48. The van der Waals surface area contributed by atoms with E-state index in [0.29, 0.717) is 54.4 Å². The molecule has 1 aliphatic carbocycles. The van der Waals surface area contributed by atoms with Crippen LogP contribution < -0.4 is 10.5 Å². The zero-order chi connectivity index (χ0) is 46.3. The van der Waals surface area contributed by atoms with Gasteiger partial charge < -0.3 is 50.4 Å². The van der Waals surface area contributed by atoms with Crippen molar-refractivity contribution in [1.82, 2.24) is 24.3 Å². The lowest BCUT2D eigenvalue weighted by molar-refractivity contribution is -0.134. The lowest BCUT2D eigenvalue weighted by Crippen LogP contribution is -2.51. The molecule has 0 radical (unpaired) electrons. The van der Waals surface area contributed by atoms with Crippen LogP contribution in [0.1, 0.15) is 31.7 Å². The van der Waals surface area contributed by atoms with Crippen molar-refractivity contribution >= 4 is 52.7 Å². The summed E-state index contributed by atoms with van der Waals surface area (Å²) in [6, 6.07) is 19.1. The molecule has 3 heterocycles. The number of nitrogens with two attached hydrogens (primary N) is 1. The molecular formula is C43H50N6O14. The van der Waals surface area contributed by atoms with Crippen molar-refractivity contribution in [2.45, 2.75) is 37.8 Å². The van der Waals surface area contributed by atoms with Gasteiger partial charge in [-0.3, -0.25) is 9.80 Å². The van der Waals surface area contributed by atoms with Crippen LogP contribution in [0.4, 0.5) is 5.82 Å². The molecule has 2 fully saturated rings. The molecule has 2 aromatic carbocycles. The van der Waals surface area contributed by atoms with Crippen molar-refractivity contribution in [2.75, 3.05) is 52.2 Å². The Morgan fingerprint density at radius 3 is 1.57 bits per heavy atom. The number of nitrogen functional groups attached to an aromatic ring is 1. The van der Waals surface area contributed by atoms with E-state index < -0.39 is 35.8 Å². The van der Waals surface area contributed by atoms with Crippen LogP contribution in [0.2, 0.25) is 0 Å². The number of ether oxygens (including phenoxy) is 2. The number of aromatic nitrogens is 3. The smallest absolute Gasteiger partial charge is 0.328 e. The summed E-state index contributed by atoms with van der Waals surface area (Å²) in [5, 5.41) is 47.8. The van der Waals surface area contributed by atoms with Crippen LogP contribution in [0.25, 0.3) is 22.2 Å². The van der Waals surface area contributed by atoms with E-state index in [1.165, 1.54) is 12.8 Å². The van der Waals surface area contributed by atoms with E-state index in [1.807, 2.05) is 42.5 Å². The van der Waals surface area contributed by atoms with Gasteiger partial charge in [0.25, 0.3) is 0 Å². The first-order chi connectivity index (χ1) is 30.1. The third kappa shape index (κ3) is 18.0. The summed E-state index contributed by atoms with van der Waals surface area (Å²) in [6.07, 6.45) is 11.9. The average Bonchev–Trinajstić information content (AvgIpc) is 3.66. The standard InChI is InChI=1S/C31H38N6O2.3C4H4O4/c1-38-20-19-35-15-17-36(18-16-35)24-9-11-25(12-10-24)37-21-28(29-30(32)33-22-34-31(29)37)23-7-13-27(14-8-23)39-26-5-3-2-4-6-26;3*5-3(6)1-2-4(7)8/h2-8,13-14,21-22,24-25H,9-12,15-20H2,1H3,(H2,32,33,34);3*1-2H,(H,5,6)(H,7,8)/b;3*2-1-/t24-,25+;;;. The summed E-state index contributed by atoms with van der Waals surface area (Å²) < 4.78 is 13.6. The number of anilines is 1. The number of hydrogen-bond donors (Lipinski definition) is 7. The van der Waals surface area contributed by atoms with Crippen LogP contribution in [0.15, 0.2) is 104 Å². The van der Waals surface area contributed by atoms with Gasteiger partial charge in [-0.25, -0.2) is 38.7 Å². The van der Waals surface area contributed by atoms with Crippen molar-refractivity contribution in [3.8, 4) is 22.6 Å². The van der Waals surface area contributed by atoms with E-state index in [-0.39, 0.29) is 0 Å². The Morgan fingerprint density at radius 1 is 0.651 bits per heavy atom. The first-order valence-corrected chi connectivity index (χ1v) is 19.4. The number of fused-ring (bicyclic) bond motifs is 1. The number of hydrogen-bond acceptors (Lipinski definition) is 13. The van der Waals surface area contributed by atoms with Crippen LogP contribution in [0.3, 0.4) is 0 Å². The fraction of sp³-hybridized carbons (Fsp3) is 0.302. The second-order valence-corrected chi connectivity index (χ2v) is 13.7. The molecule has 63 heavy (non-hydrogen) atoms. The maximum Gasteiger partial charge on any atom is 0.328 e. The number of aliphatic carboxylic acids is 6. The fourth-order valence-electron chi connectivity index (χ4n) is 6.63. The number of nitrogens with zero attached hydrogens (tertiary/aromatic N) is 5. The molecule has 1 saturated carbocycles. The van der Waals surface area contributed by atoms with Crippen LogP contribution in [-0.2, 0) is 33.5 Å². The molecule has 4 aromatic rings. The molecule has 0 spiro atoms. The second-order valence-electron chi connectivity index (χ2n) is 13.7. The molecular weight excluding hydrogens is 825 g/mol. The largest absolute Gasteiger partial charge is 0.478 e. The van der Waals surface area contributed by atoms with Crippen molar-refractivity contribution < 1.29 is 68.9 Å². The summed E-state index contributed by atoms with van der Waals surface area (Å²) in [6.45, 7) is 6.44. The topological polar surface area (TPSA) is 305 Å². The number of carbonyl (C=O) groups is 6. The summed E-state index contributed by atoms with van der Waals surface area (Å²) >= 11 is 0. The quantitative estimate of drug-likeness (QED) is 0.0866. The van der Waals surface area contributed by atoms with Gasteiger partial charge in [0.1, 0.15) is 29.3 Å². The average molecular weight is 875 g/mol. The number of para-hydroxylation sites is 1. The van der Waals surface area contributed by atoms with E-state index in [1.54, 1.807) is 13.4 Å². The molecule has 6 rings (SSSR count). The number of piperazine rings is 1. The molecule has 0 atom stereocenters. The molecule has 336 valence electrons. The van der Waals surface area contributed by atoms with Crippen LogP contribution in [0, 0.1) is 0 Å². The number of carboxylic acid groups (broad SMARTS) is 6. The normalized spacial score (nSPS) is 16.5. The Balaban J connectivity index is 0.000000360. The highest BCUT2D eigenvalue weighted by molar-refractivity contribution is 6.00. The third-order valence-corrected chi connectivity index (χ3v) is 9.48. The predicted molar refractivity (Wildman–Crippen MR) is 228 cm³/mol. The first-order valence-electron chi connectivity index (χ1n) is 19.4. The van der Waals surface area contributed by atoms with Gasteiger partial charge in [-0.2, -0.15) is 0 Å². The summed E-state index contributed by atoms with van der Waals surface area (Å²) in [5.74, 6) is -5.39. The Labute approximate surface area is 361 Å². The van der Waals surface area contributed by atoms with Crippen molar-refractivity contribution in [1.29, 1.82) is 0 Å². The lowest BCUT2D eigenvalue weighted by Gasteiger charge is -2.42. The minimum absolute atomic E-state index is 0.412. The van der Waals surface area contributed by atoms with Gasteiger partial charge >= 0.3 is 35.8 Å². The van der Waals surface area contributed by atoms with E-state index >= 15 is 0 Å². The number of carboxylic acids is 6. The van der Waals surface area contributed by atoms with Crippen molar-refractivity contribution in [3.63, 3.8) is 0 Å². The van der Waals surface area contributed by atoms with Crippen LogP contribution in [-0.4, -0.2) is 143 Å². The maximum atomic E-state index is 9.55. The number of methoxy groups -OCH3 is 1. The van der Waals surface area contributed by atoms with Gasteiger partial charge in [0.15, 0.2) is 0 Å². The first kappa shape index (κ1) is 49.9. The molecule has 20 nitrogen and oxygen atoms in total.